The number of carbonyl (C=O) groups excluding carboxylic acids is 1. The first-order valence-electron chi connectivity index (χ1n) is 7.70. The average molecular weight is 362 g/mol. The number of rotatable bonds is 3. The molecule has 5 nitrogen and oxygen atoms in total. The number of aromatic nitrogens is 2. The van der Waals surface area contributed by atoms with Crippen LogP contribution < -0.4 is 0 Å². The normalized spacial score (nSPS) is 10.1. The molecule has 1 amide bonds. The molecule has 2 N–H and O–H groups in total. The SMILES string of the molecule is Cc1ccc(-c2nc3ccc(C)cn3c2CC(=O)N(C)C)cc1.Cl.O. The number of hydrogen-bond donors (Lipinski definition) is 0. The molecule has 3 aromatic rings. The predicted molar refractivity (Wildman–Crippen MR) is 103 cm³/mol. The summed E-state index contributed by atoms with van der Waals surface area (Å²) in [6, 6.07) is 12.3. The van der Waals surface area contributed by atoms with E-state index in [2.05, 4.69) is 31.2 Å². The smallest absolute Gasteiger partial charge is 0.228 e. The minimum absolute atomic E-state index is 0. The van der Waals surface area contributed by atoms with E-state index >= 15 is 0 Å². The summed E-state index contributed by atoms with van der Waals surface area (Å²) in [6.45, 7) is 4.11. The molecule has 0 atom stereocenters. The van der Waals surface area contributed by atoms with Crippen molar-refractivity contribution in [3.8, 4) is 11.3 Å². The van der Waals surface area contributed by atoms with Gasteiger partial charge in [-0.25, -0.2) is 4.98 Å². The molecule has 25 heavy (non-hydrogen) atoms. The van der Waals surface area contributed by atoms with Crippen LogP contribution in [0, 0.1) is 13.8 Å². The van der Waals surface area contributed by atoms with Crippen molar-refractivity contribution >= 4 is 24.0 Å². The van der Waals surface area contributed by atoms with E-state index in [-0.39, 0.29) is 23.8 Å². The van der Waals surface area contributed by atoms with E-state index in [1.54, 1.807) is 19.0 Å². The lowest BCUT2D eigenvalue weighted by Crippen LogP contribution is -2.24. The fourth-order valence-electron chi connectivity index (χ4n) is 2.61. The predicted octanol–water partition coefficient (Wildman–Crippen LogP) is 2.85. The van der Waals surface area contributed by atoms with E-state index < -0.39 is 0 Å². The van der Waals surface area contributed by atoms with E-state index in [9.17, 15) is 4.79 Å². The first-order valence-corrected chi connectivity index (χ1v) is 7.70. The second kappa shape index (κ2) is 8.14. The van der Waals surface area contributed by atoms with Gasteiger partial charge in [-0.05, 0) is 25.5 Å². The first-order chi connectivity index (χ1) is 11.0. The van der Waals surface area contributed by atoms with Crippen LogP contribution in [0.25, 0.3) is 16.9 Å². The second-order valence-corrected chi connectivity index (χ2v) is 6.17. The lowest BCUT2D eigenvalue weighted by atomic mass is 10.1. The van der Waals surface area contributed by atoms with Gasteiger partial charge in [0, 0.05) is 25.9 Å². The molecule has 0 aliphatic rings. The molecule has 3 rings (SSSR count). The molecule has 0 spiro atoms. The Bertz CT molecular complexity index is 870. The number of fused-ring (bicyclic) bond motifs is 1. The van der Waals surface area contributed by atoms with Gasteiger partial charge in [0.2, 0.25) is 5.91 Å². The summed E-state index contributed by atoms with van der Waals surface area (Å²) in [5, 5.41) is 0. The van der Waals surface area contributed by atoms with Gasteiger partial charge in [-0.15, -0.1) is 12.4 Å². The molecule has 0 saturated heterocycles. The topological polar surface area (TPSA) is 69.1 Å². The summed E-state index contributed by atoms with van der Waals surface area (Å²) in [6.07, 6.45) is 2.37. The number of nitrogens with zero attached hydrogens (tertiary/aromatic N) is 3. The standard InChI is InChI=1S/C19H21N3O.ClH.H2O/c1-13-5-8-15(9-6-13)19-16(11-18(23)21(3)4)22-12-14(2)7-10-17(22)20-19;;/h5-10,12H,11H2,1-4H3;1H;1H2. The molecule has 0 aliphatic heterocycles. The number of carbonyl (C=O) groups is 1. The third-order valence-corrected chi connectivity index (χ3v) is 4.01. The number of hydrogen-bond acceptors (Lipinski definition) is 2. The highest BCUT2D eigenvalue weighted by Crippen LogP contribution is 2.26. The van der Waals surface area contributed by atoms with Gasteiger partial charge in [-0.1, -0.05) is 35.9 Å². The third-order valence-electron chi connectivity index (χ3n) is 4.01. The van der Waals surface area contributed by atoms with Crippen molar-refractivity contribution in [3.05, 3.63) is 59.4 Å². The molecule has 0 fully saturated rings. The molecule has 2 heterocycles. The maximum absolute atomic E-state index is 12.3. The Kier molecular flexibility index (Phi) is 6.73. The third kappa shape index (κ3) is 4.18. The zero-order chi connectivity index (χ0) is 16.6. The highest BCUT2D eigenvalue weighted by Gasteiger charge is 2.18. The number of imidazole rings is 1. The van der Waals surface area contributed by atoms with E-state index in [1.165, 1.54) is 5.56 Å². The van der Waals surface area contributed by atoms with Crippen molar-refractivity contribution in [1.82, 2.24) is 14.3 Å². The van der Waals surface area contributed by atoms with E-state index in [4.69, 9.17) is 4.98 Å². The highest BCUT2D eigenvalue weighted by molar-refractivity contribution is 5.85. The fourth-order valence-corrected chi connectivity index (χ4v) is 2.61. The molecule has 0 unspecified atom stereocenters. The van der Waals surface area contributed by atoms with Crippen LogP contribution >= 0.6 is 12.4 Å². The number of pyridine rings is 1. The summed E-state index contributed by atoms with van der Waals surface area (Å²) >= 11 is 0. The van der Waals surface area contributed by atoms with Gasteiger partial charge in [0.1, 0.15) is 5.65 Å². The van der Waals surface area contributed by atoms with Crippen LogP contribution in [0.4, 0.5) is 0 Å². The molecular weight excluding hydrogens is 338 g/mol. The van der Waals surface area contributed by atoms with Crippen LogP contribution in [-0.4, -0.2) is 39.8 Å². The summed E-state index contributed by atoms with van der Waals surface area (Å²) in [5.74, 6) is 0.0710. The minimum Gasteiger partial charge on any atom is -0.412 e. The number of likely N-dealkylation sites (N-methyl/N-ethyl adjacent to an activating group) is 1. The summed E-state index contributed by atoms with van der Waals surface area (Å²) in [7, 11) is 3.56. The molecule has 6 heteroatoms. The Hall–Kier alpha value is -2.37. The zero-order valence-electron chi connectivity index (χ0n) is 14.9. The Morgan fingerprint density at radius 3 is 2.24 bits per heavy atom. The van der Waals surface area contributed by atoms with Crippen LogP contribution in [0.15, 0.2) is 42.6 Å². The van der Waals surface area contributed by atoms with Crippen molar-refractivity contribution in [2.45, 2.75) is 20.3 Å². The summed E-state index contributed by atoms with van der Waals surface area (Å²) in [5.41, 5.74) is 6.08. The lowest BCUT2D eigenvalue weighted by molar-refractivity contribution is -0.128. The van der Waals surface area contributed by atoms with Crippen LogP contribution in [0.3, 0.4) is 0 Å². The molecular formula is C19H24ClN3O2. The fraction of sp³-hybridized carbons (Fsp3) is 0.263. The highest BCUT2D eigenvalue weighted by atomic mass is 35.5. The van der Waals surface area contributed by atoms with Crippen LogP contribution in [0.2, 0.25) is 0 Å². The van der Waals surface area contributed by atoms with Crippen LogP contribution in [0.5, 0.6) is 0 Å². The lowest BCUT2D eigenvalue weighted by Gasteiger charge is -2.11. The van der Waals surface area contributed by atoms with E-state index in [1.807, 2.05) is 29.7 Å². The van der Waals surface area contributed by atoms with Crippen molar-refractivity contribution in [1.29, 1.82) is 0 Å². The average Bonchev–Trinajstić information content (AvgIpc) is 2.86. The minimum atomic E-state index is 0. The maximum atomic E-state index is 12.3. The molecule has 0 radical (unpaired) electrons. The molecule has 0 aliphatic carbocycles. The maximum Gasteiger partial charge on any atom is 0.228 e. The van der Waals surface area contributed by atoms with Crippen molar-refractivity contribution < 1.29 is 10.3 Å². The number of benzene rings is 1. The summed E-state index contributed by atoms with van der Waals surface area (Å²) in [4.78, 5) is 18.6. The van der Waals surface area contributed by atoms with Crippen LogP contribution in [-0.2, 0) is 11.2 Å². The van der Waals surface area contributed by atoms with Crippen molar-refractivity contribution in [2.24, 2.45) is 0 Å². The molecule has 1 aromatic carbocycles. The first kappa shape index (κ1) is 20.7. The molecule has 2 aromatic heterocycles. The Balaban J connectivity index is 0.00000156. The number of halogens is 1. The monoisotopic (exact) mass is 361 g/mol. The Labute approximate surface area is 154 Å². The largest absolute Gasteiger partial charge is 0.412 e. The van der Waals surface area contributed by atoms with Gasteiger partial charge >= 0.3 is 0 Å². The van der Waals surface area contributed by atoms with Gasteiger partial charge in [-0.3, -0.25) is 4.79 Å². The van der Waals surface area contributed by atoms with Gasteiger partial charge in [0.05, 0.1) is 17.8 Å². The van der Waals surface area contributed by atoms with Gasteiger partial charge < -0.3 is 14.8 Å². The number of amides is 1. The van der Waals surface area contributed by atoms with Gasteiger partial charge in [0.25, 0.3) is 0 Å². The zero-order valence-corrected chi connectivity index (χ0v) is 15.7. The second-order valence-electron chi connectivity index (χ2n) is 6.17. The Morgan fingerprint density at radius 1 is 1.04 bits per heavy atom. The van der Waals surface area contributed by atoms with E-state index in [0.29, 0.717) is 6.42 Å². The summed E-state index contributed by atoms with van der Waals surface area (Å²) < 4.78 is 2.03. The van der Waals surface area contributed by atoms with E-state index in [0.717, 1.165) is 28.2 Å². The molecule has 134 valence electrons. The Morgan fingerprint density at radius 2 is 1.64 bits per heavy atom. The quantitative estimate of drug-likeness (QED) is 0.719. The van der Waals surface area contributed by atoms with Crippen LogP contribution in [0.1, 0.15) is 16.8 Å². The van der Waals surface area contributed by atoms with Gasteiger partial charge in [-0.2, -0.15) is 0 Å². The molecule has 0 bridgehead atoms. The van der Waals surface area contributed by atoms with Gasteiger partial charge in [0.15, 0.2) is 0 Å². The van der Waals surface area contributed by atoms with Crippen molar-refractivity contribution in [2.75, 3.05) is 14.1 Å². The number of aryl methyl sites for hydroxylation is 2. The van der Waals surface area contributed by atoms with Crippen molar-refractivity contribution in [3.63, 3.8) is 0 Å². The molecule has 0 saturated carbocycles.